The molecule has 1 heterocycles. The molecule has 0 aliphatic carbocycles. The van der Waals surface area contributed by atoms with Crippen molar-refractivity contribution in [2.24, 2.45) is 0 Å². The minimum Gasteiger partial charge on any atom is -0.358 e. The van der Waals surface area contributed by atoms with Crippen LogP contribution in [0, 0.1) is 0 Å². The molecule has 1 aromatic heterocycles. The van der Waals surface area contributed by atoms with Crippen molar-refractivity contribution in [3.8, 4) is 0 Å². The van der Waals surface area contributed by atoms with Crippen LogP contribution in [0.25, 0.3) is 11.0 Å². The van der Waals surface area contributed by atoms with Gasteiger partial charge < -0.3 is 10.3 Å². The number of aromatic amines is 1. The summed E-state index contributed by atoms with van der Waals surface area (Å²) in [5.41, 5.74) is 6.95. The highest BCUT2D eigenvalue weighted by Crippen LogP contribution is 2.18. The van der Waals surface area contributed by atoms with Crippen molar-refractivity contribution in [3.63, 3.8) is 0 Å². The number of aromatic nitrogens is 2. The van der Waals surface area contributed by atoms with E-state index < -0.39 is 0 Å². The van der Waals surface area contributed by atoms with Gasteiger partial charge in [0.1, 0.15) is 0 Å². The van der Waals surface area contributed by atoms with Crippen LogP contribution in [0.3, 0.4) is 0 Å². The van der Waals surface area contributed by atoms with Gasteiger partial charge >= 0.3 is 0 Å². The van der Waals surface area contributed by atoms with Crippen molar-refractivity contribution >= 4 is 46.0 Å². The third-order valence-corrected chi connectivity index (χ3v) is 3.55. The second-order valence-corrected chi connectivity index (χ2v) is 5.39. The number of imidazole rings is 1. The van der Waals surface area contributed by atoms with Crippen molar-refractivity contribution in [2.75, 3.05) is 12.3 Å². The first-order valence-electron chi connectivity index (χ1n) is 6.20. The molecule has 21 heavy (non-hydrogen) atoms. The van der Waals surface area contributed by atoms with E-state index in [9.17, 15) is 4.79 Å². The van der Waals surface area contributed by atoms with E-state index in [1.807, 2.05) is 24.3 Å². The molecular weight excluding hydrogens is 306 g/mol. The number of amides is 1. The van der Waals surface area contributed by atoms with Crippen LogP contribution in [-0.2, 0) is 4.79 Å². The normalized spacial score (nSPS) is 10.1. The topological polar surface area (TPSA) is 81.8 Å². The summed E-state index contributed by atoms with van der Waals surface area (Å²) in [5.74, 6) is 0.0416. The van der Waals surface area contributed by atoms with Crippen LogP contribution in [0.15, 0.2) is 42.1 Å². The van der Waals surface area contributed by atoms with E-state index >= 15 is 0 Å². The molecule has 0 saturated heterocycles. The lowest BCUT2D eigenvalue weighted by atomic mass is 10.3. The molecule has 1 amide bonds. The minimum absolute atomic E-state index is 0.191. The predicted octanol–water partition coefficient (Wildman–Crippen LogP) is 1.34. The Kier molecular flexibility index (Phi) is 5.59. The van der Waals surface area contributed by atoms with Crippen LogP contribution < -0.4 is 16.2 Å². The molecule has 8 heteroatoms. The predicted molar refractivity (Wildman–Crippen MR) is 88.9 cm³/mol. The average molecular weight is 321 g/mol. The SMILES string of the molecule is C=CCNC(=S)NNC(=O)CSc1nc2ccccc2[nH]1. The summed E-state index contributed by atoms with van der Waals surface area (Å²) < 4.78 is 0. The van der Waals surface area contributed by atoms with Crippen LogP contribution in [0.2, 0.25) is 0 Å². The molecule has 1 aromatic carbocycles. The Labute approximate surface area is 131 Å². The van der Waals surface area contributed by atoms with E-state index in [1.54, 1.807) is 6.08 Å². The molecule has 110 valence electrons. The number of hydrogen-bond donors (Lipinski definition) is 4. The van der Waals surface area contributed by atoms with Gasteiger partial charge in [0.05, 0.1) is 16.8 Å². The Balaban J connectivity index is 1.76. The number of benzene rings is 1. The van der Waals surface area contributed by atoms with Crippen molar-refractivity contribution in [1.29, 1.82) is 0 Å². The standard InChI is InChI=1S/C13H15N5OS2/c1-2-7-14-12(20)18-17-11(19)8-21-13-15-9-5-3-4-6-10(9)16-13/h2-6H,1,7-8H2,(H,15,16)(H,17,19)(H2,14,18,20). The maximum Gasteiger partial charge on any atom is 0.248 e. The number of nitrogens with one attached hydrogen (secondary N) is 4. The van der Waals surface area contributed by atoms with Gasteiger partial charge in [0.25, 0.3) is 0 Å². The van der Waals surface area contributed by atoms with Gasteiger partial charge in [-0.2, -0.15) is 0 Å². The summed E-state index contributed by atoms with van der Waals surface area (Å²) in [6.07, 6.45) is 1.67. The van der Waals surface area contributed by atoms with Crippen LogP contribution in [0.4, 0.5) is 0 Å². The number of nitrogens with zero attached hydrogens (tertiary/aromatic N) is 1. The Morgan fingerprint density at radius 1 is 1.43 bits per heavy atom. The molecule has 2 aromatic rings. The Morgan fingerprint density at radius 2 is 2.24 bits per heavy atom. The van der Waals surface area contributed by atoms with Crippen molar-refractivity contribution < 1.29 is 4.79 Å². The summed E-state index contributed by atoms with van der Waals surface area (Å²) in [5, 5.41) is 3.89. The highest BCUT2D eigenvalue weighted by atomic mass is 32.2. The molecule has 0 saturated carbocycles. The molecular formula is C13H15N5OS2. The number of hydrogen-bond acceptors (Lipinski definition) is 4. The van der Waals surface area contributed by atoms with Crippen LogP contribution in [0.1, 0.15) is 0 Å². The van der Waals surface area contributed by atoms with Crippen molar-refractivity contribution in [1.82, 2.24) is 26.1 Å². The second kappa shape index (κ2) is 7.65. The number of thiocarbonyl (C=S) groups is 1. The minimum atomic E-state index is -0.191. The molecule has 0 unspecified atom stereocenters. The number of para-hydroxylation sites is 2. The van der Waals surface area contributed by atoms with E-state index in [0.29, 0.717) is 16.8 Å². The fraction of sp³-hybridized carbons (Fsp3) is 0.154. The fourth-order valence-electron chi connectivity index (χ4n) is 1.50. The van der Waals surface area contributed by atoms with Gasteiger partial charge in [-0.15, -0.1) is 6.58 Å². The highest BCUT2D eigenvalue weighted by Gasteiger charge is 2.06. The maximum atomic E-state index is 11.7. The Morgan fingerprint density at radius 3 is 3.00 bits per heavy atom. The Bertz CT molecular complexity index is 622. The number of rotatable bonds is 5. The van der Waals surface area contributed by atoms with Crippen LogP contribution >= 0.6 is 24.0 Å². The first-order valence-corrected chi connectivity index (χ1v) is 7.59. The molecule has 0 aliphatic heterocycles. The number of carbonyl (C=O) groups is 1. The third-order valence-electron chi connectivity index (χ3n) is 2.43. The molecule has 0 spiro atoms. The van der Waals surface area contributed by atoms with E-state index in [2.05, 4.69) is 32.7 Å². The molecule has 6 nitrogen and oxygen atoms in total. The number of fused-ring (bicyclic) bond motifs is 1. The van der Waals surface area contributed by atoms with Gasteiger partial charge in [-0.05, 0) is 24.4 Å². The smallest absolute Gasteiger partial charge is 0.248 e. The lowest BCUT2D eigenvalue weighted by Gasteiger charge is -2.09. The largest absolute Gasteiger partial charge is 0.358 e. The first-order chi connectivity index (χ1) is 10.2. The second-order valence-electron chi connectivity index (χ2n) is 4.02. The van der Waals surface area contributed by atoms with Crippen molar-refractivity contribution in [3.05, 3.63) is 36.9 Å². The van der Waals surface area contributed by atoms with E-state index in [0.717, 1.165) is 11.0 Å². The number of thioether (sulfide) groups is 1. The molecule has 0 aliphatic rings. The van der Waals surface area contributed by atoms with Gasteiger partial charge in [-0.1, -0.05) is 30.0 Å². The monoisotopic (exact) mass is 321 g/mol. The zero-order chi connectivity index (χ0) is 15.1. The Hall–Kier alpha value is -2.06. The van der Waals surface area contributed by atoms with Gasteiger partial charge in [0, 0.05) is 6.54 Å². The number of hydrazine groups is 1. The van der Waals surface area contributed by atoms with Gasteiger partial charge in [-0.3, -0.25) is 15.6 Å². The zero-order valence-corrected chi connectivity index (χ0v) is 12.8. The van der Waals surface area contributed by atoms with Crippen LogP contribution in [0.5, 0.6) is 0 Å². The summed E-state index contributed by atoms with van der Waals surface area (Å²) in [7, 11) is 0. The summed E-state index contributed by atoms with van der Waals surface area (Å²) in [4.78, 5) is 19.2. The quantitative estimate of drug-likeness (QED) is 0.288. The number of H-pyrrole nitrogens is 1. The summed E-state index contributed by atoms with van der Waals surface area (Å²) in [6, 6.07) is 7.72. The molecule has 0 atom stereocenters. The van der Waals surface area contributed by atoms with Crippen molar-refractivity contribution in [2.45, 2.75) is 5.16 Å². The van der Waals surface area contributed by atoms with Gasteiger partial charge in [-0.25, -0.2) is 4.98 Å². The van der Waals surface area contributed by atoms with E-state index in [-0.39, 0.29) is 11.7 Å². The van der Waals surface area contributed by atoms with Crippen LogP contribution in [-0.4, -0.2) is 33.3 Å². The third kappa shape index (κ3) is 4.76. The molecule has 0 fully saturated rings. The maximum absolute atomic E-state index is 11.7. The zero-order valence-electron chi connectivity index (χ0n) is 11.2. The van der Waals surface area contributed by atoms with Gasteiger partial charge in [0.2, 0.25) is 5.91 Å². The number of carbonyl (C=O) groups excluding carboxylic acids is 1. The average Bonchev–Trinajstić information content (AvgIpc) is 2.91. The first kappa shape index (κ1) is 15.3. The van der Waals surface area contributed by atoms with Gasteiger partial charge in [0.15, 0.2) is 10.3 Å². The highest BCUT2D eigenvalue weighted by molar-refractivity contribution is 7.99. The van der Waals surface area contributed by atoms with E-state index in [1.165, 1.54) is 11.8 Å². The molecule has 4 N–H and O–H groups in total. The molecule has 0 bridgehead atoms. The molecule has 0 radical (unpaired) electrons. The fourth-order valence-corrected chi connectivity index (χ4v) is 2.32. The summed E-state index contributed by atoms with van der Waals surface area (Å²) >= 11 is 6.27. The lowest BCUT2D eigenvalue weighted by molar-refractivity contribution is -0.119. The summed E-state index contributed by atoms with van der Waals surface area (Å²) in [6.45, 7) is 4.09. The lowest BCUT2D eigenvalue weighted by Crippen LogP contribution is -2.47. The van der Waals surface area contributed by atoms with E-state index in [4.69, 9.17) is 12.2 Å². The molecule has 2 rings (SSSR count).